The number of benzene rings is 1. The molecule has 0 spiro atoms. The van der Waals surface area contributed by atoms with Gasteiger partial charge in [-0.05, 0) is 11.4 Å². The molecule has 10 heavy (non-hydrogen) atoms. The summed E-state index contributed by atoms with van der Waals surface area (Å²) in [5.74, 6) is 1.75. The predicted octanol–water partition coefficient (Wildman–Crippen LogP) is 2.24. The van der Waals surface area contributed by atoms with Crippen molar-refractivity contribution < 1.29 is 4.89 Å². The molecule has 1 atom stereocenters. The Morgan fingerprint density at radius 2 is 1.90 bits per heavy atom. The van der Waals surface area contributed by atoms with Gasteiger partial charge in [-0.3, -0.25) is 0 Å². The molecule has 1 aromatic carbocycles. The zero-order chi connectivity index (χ0) is 7.23. The van der Waals surface area contributed by atoms with Gasteiger partial charge in [0, 0.05) is 8.81 Å². The standard InChI is InChI=1S/C8H9OP/c9-10-7-6-8-4-2-1-3-5-8/h1-7,9-10H. The van der Waals surface area contributed by atoms with E-state index in [-0.39, 0.29) is 8.81 Å². The van der Waals surface area contributed by atoms with Crippen LogP contribution in [-0.4, -0.2) is 4.89 Å². The van der Waals surface area contributed by atoms with E-state index < -0.39 is 0 Å². The Hall–Kier alpha value is -0.650. The van der Waals surface area contributed by atoms with E-state index in [1.807, 2.05) is 36.4 Å². The summed E-state index contributed by atoms with van der Waals surface area (Å²) in [7, 11) is -0.0972. The first-order valence-electron chi connectivity index (χ1n) is 3.04. The van der Waals surface area contributed by atoms with E-state index in [9.17, 15) is 0 Å². The molecule has 52 valence electrons. The van der Waals surface area contributed by atoms with Crippen LogP contribution in [0.4, 0.5) is 0 Å². The van der Waals surface area contributed by atoms with E-state index >= 15 is 0 Å². The van der Waals surface area contributed by atoms with Gasteiger partial charge >= 0.3 is 0 Å². The molecule has 0 amide bonds. The van der Waals surface area contributed by atoms with Crippen molar-refractivity contribution in [2.75, 3.05) is 0 Å². The highest BCUT2D eigenvalue weighted by Gasteiger charge is 1.79. The first-order valence-corrected chi connectivity index (χ1v) is 4.07. The van der Waals surface area contributed by atoms with E-state index in [1.165, 1.54) is 0 Å². The average molecular weight is 152 g/mol. The molecule has 0 aliphatic heterocycles. The highest BCUT2D eigenvalue weighted by molar-refractivity contribution is 7.35. The van der Waals surface area contributed by atoms with E-state index in [1.54, 1.807) is 5.82 Å². The molecule has 1 nitrogen and oxygen atoms in total. The van der Waals surface area contributed by atoms with Crippen LogP contribution in [0, 0.1) is 0 Å². The minimum atomic E-state index is -0.0972. The lowest BCUT2D eigenvalue weighted by molar-refractivity contribution is 0.654. The van der Waals surface area contributed by atoms with Gasteiger partial charge in [-0.2, -0.15) is 0 Å². The maximum Gasteiger partial charge on any atom is 0.0345 e. The van der Waals surface area contributed by atoms with Crippen molar-refractivity contribution in [2.45, 2.75) is 0 Å². The molecule has 1 aromatic rings. The van der Waals surface area contributed by atoms with Gasteiger partial charge in [-0.25, -0.2) is 0 Å². The van der Waals surface area contributed by atoms with Gasteiger partial charge in [0.25, 0.3) is 0 Å². The highest BCUT2D eigenvalue weighted by atomic mass is 31.1. The summed E-state index contributed by atoms with van der Waals surface area (Å²) in [6, 6.07) is 9.91. The van der Waals surface area contributed by atoms with Crippen molar-refractivity contribution >= 4 is 14.9 Å². The Labute approximate surface area is 62.3 Å². The fraction of sp³-hybridized carbons (Fsp3) is 0. The normalized spacial score (nSPS) is 11.7. The van der Waals surface area contributed by atoms with Gasteiger partial charge in [-0.15, -0.1) is 0 Å². The minimum Gasteiger partial charge on any atom is -0.373 e. The van der Waals surface area contributed by atoms with Crippen molar-refractivity contribution in [3.8, 4) is 0 Å². The predicted molar refractivity (Wildman–Crippen MR) is 46.0 cm³/mol. The van der Waals surface area contributed by atoms with Crippen LogP contribution in [0.15, 0.2) is 36.1 Å². The highest BCUT2D eigenvalue weighted by Crippen LogP contribution is 2.08. The maximum atomic E-state index is 8.47. The molecule has 2 heteroatoms. The summed E-state index contributed by atoms with van der Waals surface area (Å²) in [4.78, 5) is 8.47. The summed E-state index contributed by atoms with van der Waals surface area (Å²) in [6.07, 6.45) is 1.90. The van der Waals surface area contributed by atoms with Gasteiger partial charge in [0.1, 0.15) is 0 Å². The second-order valence-electron chi connectivity index (χ2n) is 1.87. The largest absolute Gasteiger partial charge is 0.373 e. The molecule has 0 bridgehead atoms. The van der Waals surface area contributed by atoms with E-state index in [0.717, 1.165) is 5.56 Å². The second kappa shape index (κ2) is 4.21. The van der Waals surface area contributed by atoms with Crippen LogP contribution >= 0.6 is 8.81 Å². The third-order valence-electron chi connectivity index (χ3n) is 1.15. The molecule has 0 radical (unpaired) electrons. The Balaban J connectivity index is 2.67. The van der Waals surface area contributed by atoms with Crippen LogP contribution in [-0.2, 0) is 0 Å². The molecule has 1 unspecified atom stereocenters. The van der Waals surface area contributed by atoms with Crippen molar-refractivity contribution in [1.82, 2.24) is 0 Å². The molecule has 1 rings (SSSR count). The van der Waals surface area contributed by atoms with Crippen LogP contribution in [0.5, 0.6) is 0 Å². The van der Waals surface area contributed by atoms with Gasteiger partial charge in [0.15, 0.2) is 0 Å². The van der Waals surface area contributed by atoms with Gasteiger partial charge in [0.05, 0.1) is 0 Å². The molecule has 0 heterocycles. The lowest BCUT2D eigenvalue weighted by Gasteiger charge is -1.88. The van der Waals surface area contributed by atoms with Crippen molar-refractivity contribution in [1.29, 1.82) is 0 Å². The molecule has 0 aromatic heterocycles. The molecule has 1 N–H and O–H groups in total. The quantitative estimate of drug-likeness (QED) is 0.644. The SMILES string of the molecule is OPC=Cc1ccccc1. The van der Waals surface area contributed by atoms with E-state index in [0.29, 0.717) is 0 Å². The van der Waals surface area contributed by atoms with Crippen molar-refractivity contribution in [3.63, 3.8) is 0 Å². The lowest BCUT2D eigenvalue weighted by atomic mass is 10.2. The van der Waals surface area contributed by atoms with Crippen LogP contribution in [0.2, 0.25) is 0 Å². The Morgan fingerprint density at radius 3 is 2.50 bits per heavy atom. The number of hydrogen-bond donors (Lipinski definition) is 1. The monoisotopic (exact) mass is 152 g/mol. The summed E-state index contributed by atoms with van der Waals surface area (Å²) in [5.41, 5.74) is 1.13. The smallest absolute Gasteiger partial charge is 0.0345 e. The first kappa shape index (κ1) is 7.46. The molecule has 0 saturated heterocycles. The van der Waals surface area contributed by atoms with Crippen molar-refractivity contribution in [2.24, 2.45) is 0 Å². The van der Waals surface area contributed by atoms with Crippen LogP contribution < -0.4 is 0 Å². The lowest BCUT2D eigenvalue weighted by Crippen LogP contribution is -1.65. The molecule has 0 aliphatic rings. The summed E-state index contributed by atoms with van der Waals surface area (Å²) in [5, 5.41) is 0. The average Bonchev–Trinajstić information content (AvgIpc) is 2.03. The van der Waals surface area contributed by atoms with Gasteiger partial charge < -0.3 is 4.89 Å². The van der Waals surface area contributed by atoms with Crippen LogP contribution in [0.25, 0.3) is 6.08 Å². The van der Waals surface area contributed by atoms with Gasteiger partial charge in [0.2, 0.25) is 0 Å². The summed E-state index contributed by atoms with van der Waals surface area (Å²) in [6.45, 7) is 0. The summed E-state index contributed by atoms with van der Waals surface area (Å²) >= 11 is 0. The third kappa shape index (κ3) is 2.30. The molecular weight excluding hydrogens is 143 g/mol. The number of rotatable bonds is 2. The van der Waals surface area contributed by atoms with Crippen molar-refractivity contribution in [3.05, 3.63) is 41.7 Å². The zero-order valence-corrected chi connectivity index (χ0v) is 6.49. The Kier molecular flexibility index (Phi) is 3.14. The minimum absolute atomic E-state index is 0.0972. The molecule has 0 fully saturated rings. The zero-order valence-electron chi connectivity index (χ0n) is 5.49. The summed E-state index contributed by atoms with van der Waals surface area (Å²) < 4.78 is 0. The molecular formula is C8H9OP. The maximum absolute atomic E-state index is 8.47. The van der Waals surface area contributed by atoms with E-state index in [2.05, 4.69) is 0 Å². The Morgan fingerprint density at radius 1 is 1.20 bits per heavy atom. The van der Waals surface area contributed by atoms with E-state index in [4.69, 9.17) is 4.89 Å². The topological polar surface area (TPSA) is 20.2 Å². The van der Waals surface area contributed by atoms with Gasteiger partial charge in [-0.1, -0.05) is 36.4 Å². The second-order valence-corrected chi connectivity index (χ2v) is 2.46. The van der Waals surface area contributed by atoms with Crippen LogP contribution in [0.1, 0.15) is 5.56 Å². The Bertz CT molecular complexity index is 206. The van der Waals surface area contributed by atoms with Crippen LogP contribution in [0.3, 0.4) is 0 Å². The third-order valence-corrected chi connectivity index (χ3v) is 1.47. The molecule has 0 aliphatic carbocycles. The number of hydrogen-bond acceptors (Lipinski definition) is 1. The fourth-order valence-electron chi connectivity index (χ4n) is 0.698. The first-order chi connectivity index (χ1) is 4.93. The fourth-order valence-corrected chi connectivity index (χ4v) is 0.965. The molecule has 0 saturated carbocycles.